The summed E-state index contributed by atoms with van der Waals surface area (Å²) in [4.78, 5) is 25.9. The summed E-state index contributed by atoms with van der Waals surface area (Å²) in [6.45, 7) is 0.505. The Morgan fingerprint density at radius 3 is 2.17 bits per heavy atom. The van der Waals surface area contributed by atoms with Crippen molar-refractivity contribution in [1.29, 1.82) is 0 Å². The molecule has 1 N–H and O–H groups in total. The van der Waals surface area contributed by atoms with Crippen LogP contribution in [0.3, 0.4) is 0 Å². The van der Waals surface area contributed by atoms with Gasteiger partial charge in [-0.1, -0.05) is 66.6 Å². The van der Waals surface area contributed by atoms with Crippen LogP contribution in [-0.4, -0.2) is 23.5 Å². The maximum atomic E-state index is 13.4. The van der Waals surface area contributed by atoms with Crippen molar-refractivity contribution < 1.29 is 14.7 Å². The highest BCUT2D eigenvalue weighted by molar-refractivity contribution is 6.30. The first kappa shape index (κ1) is 21.6. The molecule has 0 atom stereocenters. The molecule has 30 heavy (non-hydrogen) atoms. The Morgan fingerprint density at radius 2 is 1.47 bits per heavy atom. The molecule has 0 aliphatic rings. The van der Waals surface area contributed by atoms with Crippen molar-refractivity contribution in [2.24, 2.45) is 0 Å². The van der Waals surface area contributed by atoms with Crippen LogP contribution in [0.15, 0.2) is 78.9 Å². The monoisotopic (exact) mass is 421 g/mol. The number of carboxylic acid groups (broad SMARTS) is 1. The van der Waals surface area contributed by atoms with Crippen molar-refractivity contribution in [3.8, 4) is 11.1 Å². The minimum atomic E-state index is -0.793. The summed E-state index contributed by atoms with van der Waals surface area (Å²) in [5, 5.41) is 9.43. The number of para-hydroxylation sites is 1. The van der Waals surface area contributed by atoms with Gasteiger partial charge in [-0.2, -0.15) is 0 Å². The van der Waals surface area contributed by atoms with Gasteiger partial charge in [0.2, 0.25) is 0 Å². The summed E-state index contributed by atoms with van der Waals surface area (Å²) in [6, 6.07) is 24.7. The lowest BCUT2D eigenvalue weighted by molar-refractivity contribution is -0.137. The van der Waals surface area contributed by atoms with Gasteiger partial charge in [0.05, 0.1) is 5.69 Å². The van der Waals surface area contributed by atoms with Crippen LogP contribution in [0.2, 0.25) is 5.02 Å². The predicted molar refractivity (Wildman–Crippen MR) is 121 cm³/mol. The first-order valence-corrected chi connectivity index (χ1v) is 10.4. The number of hydrogen-bond donors (Lipinski definition) is 1. The lowest BCUT2D eigenvalue weighted by Gasteiger charge is -2.26. The predicted octanol–water partition coefficient (Wildman–Crippen LogP) is 6.30. The molecule has 1 amide bonds. The van der Waals surface area contributed by atoms with E-state index in [1.54, 1.807) is 29.2 Å². The number of halogens is 1. The van der Waals surface area contributed by atoms with Gasteiger partial charge in [0.25, 0.3) is 5.91 Å². The minimum Gasteiger partial charge on any atom is -0.481 e. The van der Waals surface area contributed by atoms with Crippen LogP contribution in [-0.2, 0) is 4.79 Å². The number of aliphatic carboxylic acids is 1. The second kappa shape index (κ2) is 10.6. The van der Waals surface area contributed by atoms with Gasteiger partial charge in [0.1, 0.15) is 0 Å². The van der Waals surface area contributed by atoms with Gasteiger partial charge in [-0.05, 0) is 48.7 Å². The van der Waals surface area contributed by atoms with E-state index in [1.165, 1.54) is 0 Å². The van der Waals surface area contributed by atoms with Gasteiger partial charge in [-0.3, -0.25) is 9.59 Å². The van der Waals surface area contributed by atoms with E-state index in [9.17, 15) is 9.59 Å². The Balaban J connectivity index is 1.90. The molecule has 0 fully saturated rings. The largest absolute Gasteiger partial charge is 0.481 e. The summed E-state index contributed by atoms with van der Waals surface area (Å²) < 4.78 is 0. The molecule has 154 valence electrons. The summed E-state index contributed by atoms with van der Waals surface area (Å²) in [6.07, 6.45) is 2.20. The fourth-order valence-electron chi connectivity index (χ4n) is 3.37. The standard InChI is InChI=1S/C25H24ClNO3/c26-21-16-14-20(15-17-21)25(30)27(18-8-2-5-13-24(28)29)23-12-7-6-11-22(23)19-9-3-1-4-10-19/h1,3-4,6-7,9-12,14-17H,2,5,8,13,18H2,(H,28,29). The van der Waals surface area contributed by atoms with Crippen LogP contribution in [0.25, 0.3) is 11.1 Å². The van der Waals surface area contributed by atoms with E-state index in [4.69, 9.17) is 16.7 Å². The van der Waals surface area contributed by atoms with Crippen molar-refractivity contribution >= 4 is 29.2 Å². The third-order valence-corrected chi connectivity index (χ3v) is 5.14. The average Bonchev–Trinajstić information content (AvgIpc) is 2.77. The van der Waals surface area contributed by atoms with Gasteiger partial charge in [0, 0.05) is 29.1 Å². The summed E-state index contributed by atoms with van der Waals surface area (Å²) in [5.41, 5.74) is 3.41. The maximum absolute atomic E-state index is 13.4. The van der Waals surface area contributed by atoms with Gasteiger partial charge < -0.3 is 10.0 Å². The molecule has 3 rings (SSSR count). The number of carboxylic acids is 1. The van der Waals surface area contributed by atoms with E-state index in [0.717, 1.165) is 29.7 Å². The highest BCUT2D eigenvalue weighted by Gasteiger charge is 2.20. The van der Waals surface area contributed by atoms with E-state index in [-0.39, 0.29) is 12.3 Å². The van der Waals surface area contributed by atoms with Gasteiger partial charge >= 0.3 is 5.97 Å². The summed E-state index contributed by atoms with van der Waals surface area (Å²) in [5.74, 6) is -0.896. The molecule has 0 saturated heterocycles. The Morgan fingerprint density at radius 1 is 0.800 bits per heavy atom. The molecule has 0 saturated carbocycles. The number of carbonyl (C=O) groups excluding carboxylic acids is 1. The zero-order valence-corrected chi connectivity index (χ0v) is 17.4. The summed E-state index contributed by atoms with van der Waals surface area (Å²) in [7, 11) is 0. The number of carbonyl (C=O) groups is 2. The molecule has 0 spiro atoms. The number of nitrogens with zero attached hydrogens (tertiary/aromatic N) is 1. The van der Waals surface area contributed by atoms with Crippen LogP contribution < -0.4 is 4.90 Å². The van der Waals surface area contributed by atoms with Crippen molar-refractivity contribution in [1.82, 2.24) is 0 Å². The van der Waals surface area contributed by atoms with Crippen molar-refractivity contribution in [2.45, 2.75) is 25.7 Å². The van der Waals surface area contributed by atoms with Crippen molar-refractivity contribution in [3.05, 3.63) is 89.4 Å². The smallest absolute Gasteiger partial charge is 0.303 e. The molecule has 0 heterocycles. The number of unbranched alkanes of at least 4 members (excludes halogenated alkanes) is 2. The Bertz CT molecular complexity index is 987. The highest BCUT2D eigenvalue weighted by atomic mass is 35.5. The second-order valence-electron chi connectivity index (χ2n) is 7.05. The molecular formula is C25H24ClNO3. The lowest BCUT2D eigenvalue weighted by atomic mass is 10.0. The second-order valence-corrected chi connectivity index (χ2v) is 7.49. The first-order chi connectivity index (χ1) is 14.6. The molecule has 4 nitrogen and oxygen atoms in total. The van der Waals surface area contributed by atoms with Gasteiger partial charge in [-0.15, -0.1) is 0 Å². The van der Waals surface area contributed by atoms with E-state index >= 15 is 0 Å². The molecule has 0 unspecified atom stereocenters. The van der Waals surface area contributed by atoms with Crippen molar-refractivity contribution in [2.75, 3.05) is 11.4 Å². The maximum Gasteiger partial charge on any atom is 0.303 e. The van der Waals surface area contributed by atoms with Crippen LogP contribution >= 0.6 is 11.6 Å². The molecule has 5 heteroatoms. The number of amides is 1. The van der Waals surface area contributed by atoms with Crippen LogP contribution in [0.4, 0.5) is 5.69 Å². The van der Waals surface area contributed by atoms with Gasteiger partial charge in [0.15, 0.2) is 0 Å². The fraction of sp³-hybridized carbons (Fsp3) is 0.200. The molecular weight excluding hydrogens is 398 g/mol. The zero-order valence-electron chi connectivity index (χ0n) is 16.6. The van der Waals surface area contributed by atoms with E-state index in [0.29, 0.717) is 23.6 Å². The highest BCUT2D eigenvalue weighted by Crippen LogP contribution is 2.32. The zero-order chi connectivity index (χ0) is 21.3. The summed E-state index contributed by atoms with van der Waals surface area (Å²) >= 11 is 5.99. The number of hydrogen-bond acceptors (Lipinski definition) is 2. The van der Waals surface area contributed by atoms with Crippen LogP contribution in [0, 0.1) is 0 Å². The minimum absolute atomic E-state index is 0.103. The Labute approximate surface area is 181 Å². The normalized spacial score (nSPS) is 10.6. The lowest BCUT2D eigenvalue weighted by Crippen LogP contribution is -2.32. The van der Waals surface area contributed by atoms with Gasteiger partial charge in [-0.25, -0.2) is 0 Å². The third kappa shape index (κ3) is 5.71. The van der Waals surface area contributed by atoms with Crippen LogP contribution in [0.1, 0.15) is 36.0 Å². The molecule has 0 aliphatic carbocycles. The Hall–Kier alpha value is -3.11. The molecule has 0 bridgehead atoms. The number of anilines is 1. The topological polar surface area (TPSA) is 57.6 Å². The van der Waals surface area contributed by atoms with Crippen molar-refractivity contribution in [3.63, 3.8) is 0 Å². The quantitative estimate of drug-likeness (QED) is 0.412. The van der Waals surface area contributed by atoms with E-state index in [2.05, 4.69) is 0 Å². The number of rotatable bonds is 9. The molecule has 3 aromatic rings. The Kier molecular flexibility index (Phi) is 7.63. The first-order valence-electron chi connectivity index (χ1n) is 10.00. The average molecular weight is 422 g/mol. The van der Waals surface area contributed by atoms with Crippen LogP contribution in [0.5, 0.6) is 0 Å². The SMILES string of the molecule is O=C(O)CCCCCN(C(=O)c1ccc(Cl)cc1)c1ccccc1-c1ccccc1. The third-order valence-electron chi connectivity index (χ3n) is 4.89. The molecule has 3 aromatic carbocycles. The molecule has 0 aliphatic heterocycles. The molecule has 0 aromatic heterocycles. The van der Waals surface area contributed by atoms with E-state index < -0.39 is 5.97 Å². The fourth-order valence-corrected chi connectivity index (χ4v) is 3.50. The van der Waals surface area contributed by atoms with E-state index in [1.807, 2.05) is 54.6 Å². The number of benzene rings is 3. The molecule has 0 radical (unpaired) electrons.